The summed E-state index contributed by atoms with van der Waals surface area (Å²) in [5.41, 5.74) is 0.235. The molecule has 1 aromatic carbocycles. The lowest BCUT2D eigenvalue weighted by Crippen LogP contribution is -2.32. The van der Waals surface area contributed by atoms with E-state index in [4.69, 9.17) is 8.94 Å². The van der Waals surface area contributed by atoms with Crippen molar-refractivity contribution >= 4 is 5.91 Å². The zero-order chi connectivity index (χ0) is 17.8. The van der Waals surface area contributed by atoms with E-state index in [1.807, 2.05) is 13.8 Å². The number of furan rings is 1. The number of nitrogens with zero attached hydrogens (tertiary/aromatic N) is 2. The lowest BCUT2D eigenvalue weighted by atomic mass is 9.98. The first-order chi connectivity index (χ1) is 12.1. The minimum atomic E-state index is -0.489. The molecule has 0 aliphatic carbocycles. The van der Waals surface area contributed by atoms with E-state index in [2.05, 4.69) is 15.5 Å². The number of aromatic nitrogens is 2. The zero-order valence-corrected chi connectivity index (χ0v) is 13.9. The summed E-state index contributed by atoms with van der Waals surface area (Å²) in [4.78, 5) is 16.8. The van der Waals surface area contributed by atoms with Crippen molar-refractivity contribution in [3.8, 4) is 11.6 Å². The maximum Gasteiger partial charge on any atom is 0.252 e. The fourth-order valence-corrected chi connectivity index (χ4v) is 2.40. The van der Waals surface area contributed by atoms with Gasteiger partial charge in [-0.3, -0.25) is 4.79 Å². The number of amides is 1. The Balaban J connectivity index is 1.84. The smallest absolute Gasteiger partial charge is 0.252 e. The van der Waals surface area contributed by atoms with Gasteiger partial charge in [-0.05, 0) is 36.2 Å². The summed E-state index contributed by atoms with van der Waals surface area (Å²) in [5, 5.41) is 6.75. The van der Waals surface area contributed by atoms with Crippen LogP contribution in [0.1, 0.15) is 42.6 Å². The van der Waals surface area contributed by atoms with Gasteiger partial charge in [0.15, 0.2) is 5.76 Å². The highest BCUT2D eigenvalue weighted by Crippen LogP contribution is 2.26. The minimum absolute atomic E-state index is 0.0439. The number of nitrogens with one attached hydrogen (secondary N) is 1. The fraction of sp³-hybridized carbons (Fsp3) is 0.278. The monoisotopic (exact) mass is 343 g/mol. The Morgan fingerprint density at radius 3 is 2.84 bits per heavy atom. The van der Waals surface area contributed by atoms with E-state index in [1.165, 1.54) is 24.5 Å². The molecule has 3 rings (SSSR count). The van der Waals surface area contributed by atoms with Crippen LogP contribution in [0.3, 0.4) is 0 Å². The Morgan fingerprint density at radius 1 is 1.32 bits per heavy atom. The average molecular weight is 343 g/mol. The van der Waals surface area contributed by atoms with Crippen molar-refractivity contribution < 1.29 is 18.1 Å². The van der Waals surface area contributed by atoms with Crippen LogP contribution in [0.5, 0.6) is 0 Å². The first-order valence-electron chi connectivity index (χ1n) is 8.02. The Hall–Kier alpha value is -2.96. The molecular weight excluding hydrogens is 325 g/mol. The summed E-state index contributed by atoms with van der Waals surface area (Å²) in [7, 11) is 0. The minimum Gasteiger partial charge on any atom is -0.461 e. The maximum atomic E-state index is 13.3. The number of hydrogen-bond acceptors (Lipinski definition) is 5. The van der Waals surface area contributed by atoms with Crippen LogP contribution in [0.4, 0.5) is 4.39 Å². The van der Waals surface area contributed by atoms with Crippen LogP contribution in [0.25, 0.3) is 11.6 Å². The van der Waals surface area contributed by atoms with Crippen molar-refractivity contribution in [2.75, 3.05) is 0 Å². The molecule has 3 aromatic rings. The van der Waals surface area contributed by atoms with Crippen molar-refractivity contribution in [1.82, 2.24) is 15.5 Å². The van der Waals surface area contributed by atoms with Crippen molar-refractivity contribution in [2.24, 2.45) is 5.92 Å². The van der Waals surface area contributed by atoms with Gasteiger partial charge < -0.3 is 14.3 Å². The molecule has 2 atom stereocenters. The van der Waals surface area contributed by atoms with Crippen molar-refractivity contribution in [3.63, 3.8) is 0 Å². The van der Waals surface area contributed by atoms with Gasteiger partial charge in [0.1, 0.15) is 11.9 Å². The third kappa shape index (κ3) is 3.76. The quantitative estimate of drug-likeness (QED) is 0.732. The van der Waals surface area contributed by atoms with Crippen molar-refractivity contribution in [1.29, 1.82) is 0 Å². The molecule has 1 N–H and O–H groups in total. The Bertz CT molecular complexity index is 845. The fourth-order valence-electron chi connectivity index (χ4n) is 2.40. The molecule has 0 aliphatic rings. The van der Waals surface area contributed by atoms with Gasteiger partial charge in [-0.15, -0.1) is 0 Å². The summed E-state index contributed by atoms with van der Waals surface area (Å²) in [6.07, 6.45) is 2.30. The molecule has 0 fully saturated rings. The van der Waals surface area contributed by atoms with Gasteiger partial charge in [0, 0.05) is 5.56 Å². The van der Waals surface area contributed by atoms with E-state index < -0.39 is 17.8 Å². The molecule has 2 aromatic heterocycles. The molecule has 2 heterocycles. The second-order valence-electron chi connectivity index (χ2n) is 5.78. The SMILES string of the molecule is CC[C@H](C)[C@@H](NC(=O)c1cccc(F)c1)c1nc(-c2ccco2)no1. The Morgan fingerprint density at radius 2 is 2.16 bits per heavy atom. The molecule has 1 amide bonds. The first kappa shape index (κ1) is 16.9. The van der Waals surface area contributed by atoms with E-state index in [-0.39, 0.29) is 17.4 Å². The van der Waals surface area contributed by atoms with Crippen LogP contribution < -0.4 is 5.32 Å². The summed E-state index contributed by atoms with van der Waals surface area (Å²) in [6.45, 7) is 3.96. The van der Waals surface area contributed by atoms with Gasteiger partial charge in [-0.25, -0.2) is 4.39 Å². The van der Waals surface area contributed by atoms with Gasteiger partial charge in [0.2, 0.25) is 11.7 Å². The van der Waals surface area contributed by atoms with E-state index in [1.54, 1.807) is 18.2 Å². The van der Waals surface area contributed by atoms with Crippen molar-refractivity contribution in [3.05, 3.63) is 59.9 Å². The van der Waals surface area contributed by atoms with Crippen molar-refractivity contribution in [2.45, 2.75) is 26.3 Å². The Labute approximate surface area is 144 Å². The lowest BCUT2D eigenvalue weighted by Gasteiger charge is -2.20. The van der Waals surface area contributed by atoms with Gasteiger partial charge in [-0.1, -0.05) is 31.5 Å². The highest BCUT2D eigenvalue weighted by atomic mass is 19.1. The zero-order valence-electron chi connectivity index (χ0n) is 13.9. The van der Waals surface area contributed by atoms with Crippen LogP contribution in [0, 0.1) is 11.7 Å². The molecular formula is C18H18FN3O3. The predicted molar refractivity (Wildman–Crippen MR) is 88.1 cm³/mol. The highest BCUT2D eigenvalue weighted by Gasteiger charge is 2.27. The van der Waals surface area contributed by atoms with E-state index in [0.29, 0.717) is 11.6 Å². The van der Waals surface area contributed by atoms with Gasteiger partial charge >= 0.3 is 0 Å². The third-order valence-electron chi connectivity index (χ3n) is 4.04. The first-order valence-corrected chi connectivity index (χ1v) is 8.02. The second-order valence-corrected chi connectivity index (χ2v) is 5.78. The summed E-state index contributed by atoms with van der Waals surface area (Å²) < 4.78 is 23.9. The summed E-state index contributed by atoms with van der Waals surface area (Å²) >= 11 is 0. The van der Waals surface area contributed by atoms with Gasteiger partial charge in [0.05, 0.1) is 6.26 Å². The standard InChI is InChI=1S/C18H18FN3O3/c1-3-11(2)15(20-17(23)12-6-4-7-13(19)10-12)18-21-16(22-25-18)14-8-5-9-24-14/h4-11,15H,3H2,1-2H3,(H,20,23)/t11-,15+/m0/s1. The van der Waals surface area contributed by atoms with E-state index in [0.717, 1.165) is 6.42 Å². The van der Waals surface area contributed by atoms with Crippen LogP contribution in [-0.2, 0) is 0 Å². The number of rotatable bonds is 6. The molecule has 0 radical (unpaired) electrons. The molecule has 0 spiro atoms. The number of halogens is 1. The molecule has 6 nitrogen and oxygen atoms in total. The highest BCUT2D eigenvalue weighted by molar-refractivity contribution is 5.94. The van der Waals surface area contributed by atoms with Gasteiger partial charge in [0.25, 0.3) is 5.91 Å². The summed E-state index contributed by atoms with van der Waals surface area (Å²) in [5.74, 6) is 0.253. The maximum absolute atomic E-state index is 13.3. The molecule has 25 heavy (non-hydrogen) atoms. The van der Waals surface area contributed by atoms with E-state index >= 15 is 0 Å². The lowest BCUT2D eigenvalue weighted by molar-refractivity contribution is 0.0909. The molecule has 130 valence electrons. The summed E-state index contributed by atoms with van der Waals surface area (Å²) in [6, 6.07) is 8.47. The van der Waals surface area contributed by atoms with Crippen LogP contribution >= 0.6 is 0 Å². The largest absolute Gasteiger partial charge is 0.461 e. The van der Waals surface area contributed by atoms with Crippen LogP contribution in [0.2, 0.25) is 0 Å². The topological polar surface area (TPSA) is 81.2 Å². The molecule has 0 unspecified atom stereocenters. The number of benzene rings is 1. The molecule has 0 saturated carbocycles. The number of carbonyl (C=O) groups excluding carboxylic acids is 1. The molecule has 0 bridgehead atoms. The predicted octanol–water partition coefficient (Wildman–Crippen LogP) is 3.99. The Kier molecular flexibility index (Phi) is 4.92. The normalized spacial score (nSPS) is 13.4. The number of carbonyl (C=O) groups is 1. The molecule has 0 aliphatic heterocycles. The van der Waals surface area contributed by atoms with E-state index in [9.17, 15) is 9.18 Å². The molecule has 7 heteroatoms. The molecule has 0 saturated heterocycles. The number of hydrogen-bond donors (Lipinski definition) is 1. The second kappa shape index (κ2) is 7.29. The van der Waals surface area contributed by atoms with Crippen LogP contribution in [-0.4, -0.2) is 16.0 Å². The van der Waals surface area contributed by atoms with Gasteiger partial charge in [-0.2, -0.15) is 4.98 Å². The third-order valence-corrected chi connectivity index (χ3v) is 4.04. The average Bonchev–Trinajstić information content (AvgIpc) is 3.29. The van der Waals surface area contributed by atoms with Crippen LogP contribution in [0.15, 0.2) is 51.6 Å².